The summed E-state index contributed by atoms with van der Waals surface area (Å²) in [5, 5.41) is 2.24. The number of hydrogen-bond acceptors (Lipinski definition) is 4. The van der Waals surface area contributed by atoms with Gasteiger partial charge in [-0.2, -0.15) is 0 Å². The second kappa shape index (κ2) is 8.13. The van der Waals surface area contributed by atoms with Gasteiger partial charge >= 0.3 is 0 Å². The Labute approximate surface area is 186 Å². The molecule has 2 fully saturated rings. The number of rotatable bonds is 4. The first-order valence-electron chi connectivity index (χ1n) is 10.7. The summed E-state index contributed by atoms with van der Waals surface area (Å²) in [6, 6.07) is 14.3. The van der Waals surface area contributed by atoms with Crippen LogP contribution in [0.5, 0.6) is 5.75 Å². The lowest BCUT2D eigenvalue weighted by Crippen LogP contribution is -2.53. The van der Waals surface area contributed by atoms with Gasteiger partial charge in [-0.15, -0.1) is 0 Å². The summed E-state index contributed by atoms with van der Waals surface area (Å²) in [6.07, 6.45) is 3.24. The predicted octanol–water partition coefficient (Wildman–Crippen LogP) is 5.02. The van der Waals surface area contributed by atoms with Gasteiger partial charge < -0.3 is 14.4 Å². The molecular formula is C25H25ClN2O3. The van der Waals surface area contributed by atoms with Crippen molar-refractivity contribution < 1.29 is 14.3 Å². The van der Waals surface area contributed by atoms with Crippen molar-refractivity contribution in [3.8, 4) is 16.9 Å². The Morgan fingerprint density at radius 3 is 2.61 bits per heavy atom. The highest BCUT2D eigenvalue weighted by Gasteiger charge is 2.42. The topological polar surface area (TPSA) is 51.7 Å². The van der Waals surface area contributed by atoms with Crippen LogP contribution in [0.3, 0.4) is 0 Å². The van der Waals surface area contributed by atoms with Gasteiger partial charge in [0.05, 0.1) is 25.3 Å². The number of benzene rings is 2. The lowest BCUT2D eigenvalue weighted by molar-refractivity contribution is -0.147. The molecule has 5 rings (SSSR count). The fourth-order valence-corrected chi connectivity index (χ4v) is 5.01. The predicted molar refractivity (Wildman–Crippen MR) is 121 cm³/mol. The van der Waals surface area contributed by atoms with Crippen molar-refractivity contribution in [1.82, 2.24) is 9.88 Å². The molecule has 2 unspecified atom stereocenters. The van der Waals surface area contributed by atoms with E-state index < -0.39 is 6.10 Å². The number of amides is 1. The highest BCUT2D eigenvalue weighted by Crippen LogP contribution is 2.35. The van der Waals surface area contributed by atoms with E-state index in [1.54, 1.807) is 0 Å². The van der Waals surface area contributed by atoms with E-state index in [2.05, 4.69) is 24.0 Å². The Morgan fingerprint density at radius 1 is 1.13 bits per heavy atom. The van der Waals surface area contributed by atoms with E-state index in [0.29, 0.717) is 24.1 Å². The highest BCUT2D eigenvalue weighted by molar-refractivity contribution is 6.34. The SMILES string of the molecule is Cc1ccccc1-c1cnc(Cl)c2cc(O[C@H](C)C(=O)N3C4CCC3COC4)ccc12. The monoisotopic (exact) mass is 436 g/mol. The molecule has 2 aliphatic heterocycles. The van der Waals surface area contributed by atoms with Crippen molar-refractivity contribution in [3.05, 3.63) is 59.4 Å². The van der Waals surface area contributed by atoms with E-state index in [1.807, 2.05) is 48.4 Å². The number of aryl methyl sites for hydroxylation is 1. The van der Waals surface area contributed by atoms with Crippen LogP contribution in [-0.4, -0.2) is 47.2 Å². The summed E-state index contributed by atoms with van der Waals surface area (Å²) in [6.45, 7) is 5.13. The third-order valence-electron chi connectivity index (χ3n) is 6.40. The average Bonchev–Trinajstić information content (AvgIpc) is 3.02. The van der Waals surface area contributed by atoms with E-state index in [1.165, 1.54) is 5.56 Å². The maximum absolute atomic E-state index is 13.1. The van der Waals surface area contributed by atoms with E-state index in [4.69, 9.17) is 21.1 Å². The third-order valence-corrected chi connectivity index (χ3v) is 6.70. The van der Waals surface area contributed by atoms with Gasteiger partial charge in [-0.25, -0.2) is 4.98 Å². The Kier molecular flexibility index (Phi) is 5.32. The molecule has 31 heavy (non-hydrogen) atoms. The van der Waals surface area contributed by atoms with E-state index in [9.17, 15) is 4.79 Å². The van der Waals surface area contributed by atoms with Gasteiger partial charge in [-0.3, -0.25) is 4.79 Å². The second-order valence-electron chi connectivity index (χ2n) is 8.41. The maximum Gasteiger partial charge on any atom is 0.264 e. The van der Waals surface area contributed by atoms with Crippen LogP contribution in [0.4, 0.5) is 0 Å². The number of fused-ring (bicyclic) bond motifs is 3. The van der Waals surface area contributed by atoms with Gasteiger partial charge in [0.2, 0.25) is 0 Å². The minimum absolute atomic E-state index is 0.0220. The zero-order valence-corrected chi connectivity index (χ0v) is 18.4. The van der Waals surface area contributed by atoms with Crippen LogP contribution in [0.15, 0.2) is 48.7 Å². The molecular weight excluding hydrogens is 412 g/mol. The van der Waals surface area contributed by atoms with Crippen LogP contribution < -0.4 is 4.74 Å². The molecule has 0 N–H and O–H groups in total. The van der Waals surface area contributed by atoms with Crippen molar-refractivity contribution in [2.24, 2.45) is 0 Å². The van der Waals surface area contributed by atoms with Crippen molar-refractivity contribution in [3.63, 3.8) is 0 Å². The Morgan fingerprint density at radius 2 is 1.87 bits per heavy atom. The molecule has 2 bridgehead atoms. The smallest absolute Gasteiger partial charge is 0.264 e. The summed E-state index contributed by atoms with van der Waals surface area (Å²) in [7, 11) is 0. The van der Waals surface area contributed by atoms with Crippen molar-refractivity contribution >= 4 is 28.3 Å². The molecule has 3 aromatic rings. The molecule has 2 saturated heterocycles. The number of hydrogen-bond donors (Lipinski definition) is 0. The Hall–Kier alpha value is -2.63. The molecule has 1 amide bonds. The van der Waals surface area contributed by atoms with Crippen LogP contribution in [0, 0.1) is 6.92 Å². The summed E-state index contributed by atoms with van der Waals surface area (Å²) in [5.41, 5.74) is 3.32. The number of morpholine rings is 1. The summed E-state index contributed by atoms with van der Waals surface area (Å²) in [4.78, 5) is 19.5. The normalized spacial score (nSPS) is 21.3. The molecule has 5 nitrogen and oxygen atoms in total. The van der Waals surface area contributed by atoms with Crippen LogP contribution in [-0.2, 0) is 9.53 Å². The molecule has 6 heteroatoms. The molecule has 0 aliphatic carbocycles. The largest absolute Gasteiger partial charge is 0.481 e. The van der Waals surface area contributed by atoms with Crippen LogP contribution >= 0.6 is 11.6 Å². The number of nitrogens with zero attached hydrogens (tertiary/aromatic N) is 2. The number of aromatic nitrogens is 1. The van der Waals surface area contributed by atoms with Gasteiger partial charge in [0.15, 0.2) is 6.10 Å². The van der Waals surface area contributed by atoms with Crippen molar-refractivity contribution in [1.29, 1.82) is 0 Å². The second-order valence-corrected chi connectivity index (χ2v) is 8.77. The number of pyridine rings is 1. The Bertz CT molecular complexity index is 1130. The lowest BCUT2D eigenvalue weighted by atomic mass is 9.97. The summed E-state index contributed by atoms with van der Waals surface area (Å²) >= 11 is 6.44. The van der Waals surface area contributed by atoms with Gasteiger partial charge in [-0.05, 0) is 61.4 Å². The van der Waals surface area contributed by atoms with Crippen LogP contribution in [0.1, 0.15) is 25.3 Å². The van der Waals surface area contributed by atoms with E-state index >= 15 is 0 Å². The molecule has 3 heterocycles. The summed E-state index contributed by atoms with van der Waals surface area (Å²) in [5.74, 6) is 0.633. The van der Waals surface area contributed by atoms with E-state index in [-0.39, 0.29) is 18.0 Å². The lowest BCUT2D eigenvalue weighted by Gasteiger charge is -2.36. The minimum Gasteiger partial charge on any atom is -0.481 e. The zero-order chi connectivity index (χ0) is 21.5. The quantitative estimate of drug-likeness (QED) is 0.539. The molecule has 1 aromatic heterocycles. The van der Waals surface area contributed by atoms with Crippen LogP contribution in [0.2, 0.25) is 5.15 Å². The van der Waals surface area contributed by atoms with Gasteiger partial charge in [0.1, 0.15) is 10.9 Å². The standard InChI is InChI=1S/C25H25ClN2O3/c1-15-5-3-4-6-20(15)23-12-27-24(26)22-11-19(9-10-21(22)23)31-16(2)25(29)28-17-7-8-18(28)14-30-13-17/h3-6,9-12,16-18H,7-8,13-14H2,1-2H3/t16-,17?,18?/m1/s1. The van der Waals surface area contributed by atoms with Crippen molar-refractivity contribution in [2.45, 2.75) is 44.9 Å². The maximum atomic E-state index is 13.1. The molecule has 2 aromatic carbocycles. The average molecular weight is 437 g/mol. The summed E-state index contributed by atoms with van der Waals surface area (Å²) < 4.78 is 11.7. The number of ether oxygens (including phenoxy) is 2. The first kappa shape index (κ1) is 20.3. The van der Waals surface area contributed by atoms with Gasteiger partial charge in [0, 0.05) is 17.1 Å². The number of carbonyl (C=O) groups excluding carboxylic acids is 1. The molecule has 3 atom stereocenters. The minimum atomic E-state index is -0.579. The molecule has 2 aliphatic rings. The number of carbonyl (C=O) groups is 1. The van der Waals surface area contributed by atoms with Gasteiger partial charge in [0.25, 0.3) is 5.91 Å². The molecule has 0 radical (unpaired) electrons. The Balaban J connectivity index is 1.43. The fraction of sp³-hybridized carbons (Fsp3) is 0.360. The van der Waals surface area contributed by atoms with Crippen molar-refractivity contribution in [2.75, 3.05) is 13.2 Å². The molecule has 0 saturated carbocycles. The third kappa shape index (κ3) is 3.66. The zero-order valence-electron chi connectivity index (χ0n) is 17.7. The van der Waals surface area contributed by atoms with Crippen LogP contribution in [0.25, 0.3) is 21.9 Å². The molecule has 0 spiro atoms. The number of halogens is 1. The van der Waals surface area contributed by atoms with Gasteiger partial charge in [-0.1, -0.05) is 35.9 Å². The first-order chi connectivity index (χ1) is 15.0. The van der Waals surface area contributed by atoms with E-state index in [0.717, 1.165) is 34.7 Å². The first-order valence-corrected chi connectivity index (χ1v) is 11.1. The molecule has 160 valence electrons. The fourth-order valence-electron chi connectivity index (χ4n) is 4.81. The highest BCUT2D eigenvalue weighted by atomic mass is 35.5.